The minimum atomic E-state index is 0.285. The van der Waals surface area contributed by atoms with Gasteiger partial charge in [0.25, 0.3) is 0 Å². The second-order valence-corrected chi connectivity index (χ2v) is 8.51. The molecule has 0 amide bonds. The van der Waals surface area contributed by atoms with E-state index in [-0.39, 0.29) is 11.1 Å². The van der Waals surface area contributed by atoms with Crippen LogP contribution in [0.3, 0.4) is 0 Å². The summed E-state index contributed by atoms with van der Waals surface area (Å²) in [5, 5.41) is 3.83. The van der Waals surface area contributed by atoms with Gasteiger partial charge in [-0.15, -0.1) is 0 Å². The fourth-order valence-electron chi connectivity index (χ4n) is 4.50. The Kier molecular flexibility index (Phi) is 5.52. The normalized spacial score (nSPS) is 26.1. The molecule has 0 aromatic carbocycles. The summed E-state index contributed by atoms with van der Waals surface area (Å²) in [6.07, 6.45) is 9.51. The molecule has 1 aliphatic rings. The van der Waals surface area contributed by atoms with Crippen LogP contribution in [0.4, 0.5) is 0 Å². The molecule has 0 aromatic heterocycles. The van der Waals surface area contributed by atoms with Gasteiger partial charge >= 0.3 is 0 Å². The van der Waals surface area contributed by atoms with Gasteiger partial charge in [0.15, 0.2) is 0 Å². The molecule has 0 bridgehead atoms. The molecule has 1 saturated heterocycles. The third kappa shape index (κ3) is 4.77. The molecule has 1 fully saturated rings. The first-order valence-corrected chi connectivity index (χ1v) is 8.43. The minimum absolute atomic E-state index is 0.285. The fraction of sp³-hybridized carbons (Fsp3) is 1.00. The predicted octanol–water partition coefficient (Wildman–Crippen LogP) is 5.54. The summed E-state index contributed by atoms with van der Waals surface area (Å²) in [5.41, 5.74) is 1.11. The molecule has 1 aliphatic heterocycles. The van der Waals surface area contributed by atoms with Crippen molar-refractivity contribution in [2.24, 2.45) is 11.3 Å². The monoisotopic (exact) mass is 267 g/mol. The van der Waals surface area contributed by atoms with Gasteiger partial charge in [0.1, 0.15) is 0 Å². The fourth-order valence-corrected chi connectivity index (χ4v) is 4.50. The smallest absolute Gasteiger partial charge is 0.0132 e. The largest absolute Gasteiger partial charge is 0.307 e. The van der Waals surface area contributed by atoms with Crippen LogP contribution in [-0.4, -0.2) is 11.1 Å². The molecule has 1 heteroatoms. The summed E-state index contributed by atoms with van der Waals surface area (Å²) in [6.45, 7) is 16.8. The van der Waals surface area contributed by atoms with Crippen molar-refractivity contribution in [3.63, 3.8) is 0 Å². The number of hydrogen-bond acceptors (Lipinski definition) is 1. The molecule has 1 rings (SSSR count). The summed E-state index contributed by atoms with van der Waals surface area (Å²) in [6, 6.07) is 0. The molecular formula is C18H37N. The highest BCUT2D eigenvalue weighted by Crippen LogP contribution is 2.47. The first-order valence-electron chi connectivity index (χ1n) is 8.43. The van der Waals surface area contributed by atoms with Crippen molar-refractivity contribution in [3.8, 4) is 0 Å². The Labute approximate surface area is 121 Å². The molecule has 1 heterocycles. The van der Waals surface area contributed by atoms with Gasteiger partial charge in [-0.3, -0.25) is 0 Å². The highest BCUT2D eigenvalue weighted by Gasteiger charge is 2.44. The zero-order valence-electron chi connectivity index (χ0n) is 14.5. The van der Waals surface area contributed by atoms with Crippen LogP contribution in [0, 0.1) is 11.3 Å². The quantitative estimate of drug-likeness (QED) is 0.666. The summed E-state index contributed by atoms with van der Waals surface area (Å²) in [5.74, 6) is 0.866. The Hall–Kier alpha value is -0.0400. The van der Waals surface area contributed by atoms with Gasteiger partial charge in [-0.1, -0.05) is 40.0 Å². The van der Waals surface area contributed by atoms with Crippen LogP contribution in [0.2, 0.25) is 0 Å². The number of rotatable bonds is 6. The van der Waals surface area contributed by atoms with E-state index in [1.54, 1.807) is 0 Å². The standard InChI is InChI=1S/C18H37N/c1-8-10-12-18(7,11-9-2)15-13-16(3,4)19-17(5,6)14-15/h15,19H,8-14H2,1-7H3/t18-/m0/s1. The van der Waals surface area contributed by atoms with E-state index in [9.17, 15) is 0 Å². The lowest BCUT2D eigenvalue weighted by molar-refractivity contribution is 0.0303. The van der Waals surface area contributed by atoms with Crippen LogP contribution >= 0.6 is 0 Å². The van der Waals surface area contributed by atoms with Crippen molar-refractivity contribution in [2.75, 3.05) is 0 Å². The molecule has 0 unspecified atom stereocenters. The number of hydrogen-bond donors (Lipinski definition) is 1. The van der Waals surface area contributed by atoms with E-state index in [4.69, 9.17) is 0 Å². The first-order chi connectivity index (χ1) is 8.64. The molecular weight excluding hydrogens is 230 g/mol. The van der Waals surface area contributed by atoms with Crippen LogP contribution in [0.5, 0.6) is 0 Å². The van der Waals surface area contributed by atoms with Crippen molar-refractivity contribution in [1.29, 1.82) is 0 Å². The van der Waals surface area contributed by atoms with Gasteiger partial charge in [0.2, 0.25) is 0 Å². The third-order valence-electron chi connectivity index (χ3n) is 5.10. The predicted molar refractivity (Wildman–Crippen MR) is 86.6 cm³/mol. The third-order valence-corrected chi connectivity index (χ3v) is 5.10. The topological polar surface area (TPSA) is 12.0 Å². The van der Waals surface area contributed by atoms with Crippen LogP contribution in [0.15, 0.2) is 0 Å². The average molecular weight is 268 g/mol. The molecule has 1 atom stereocenters. The van der Waals surface area contributed by atoms with Crippen molar-refractivity contribution in [2.45, 2.75) is 104 Å². The Morgan fingerprint density at radius 3 is 1.89 bits per heavy atom. The maximum Gasteiger partial charge on any atom is 0.0132 e. The van der Waals surface area contributed by atoms with Crippen LogP contribution in [0.1, 0.15) is 93.4 Å². The van der Waals surface area contributed by atoms with Gasteiger partial charge < -0.3 is 5.32 Å². The molecule has 0 aromatic rings. The maximum absolute atomic E-state index is 3.83. The van der Waals surface area contributed by atoms with E-state index < -0.39 is 0 Å². The second-order valence-electron chi connectivity index (χ2n) is 8.51. The van der Waals surface area contributed by atoms with E-state index >= 15 is 0 Å². The van der Waals surface area contributed by atoms with Crippen molar-refractivity contribution in [1.82, 2.24) is 5.32 Å². The molecule has 114 valence electrons. The Morgan fingerprint density at radius 1 is 0.947 bits per heavy atom. The summed E-state index contributed by atoms with van der Waals surface area (Å²) in [4.78, 5) is 0. The molecule has 0 aliphatic carbocycles. The Morgan fingerprint density at radius 2 is 1.47 bits per heavy atom. The summed E-state index contributed by atoms with van der Waals surface area (Å²) >= 11 is 0. The van der Waals surface area contributed by atoms with Gasteiger partial charge in [0, 0.05) is 11.1 Å². The van der Waals surface area contributed by atoms with E-state index in [0.717, 1.165) is 5.92 Å². The van der Waals surface area contributed by atoms with Gasteiger partial charge in [0.05, 0.1) is 0 Å². The molecule has 1 N–H and O–H groups in total. The van der Waals surface area contributed by atoms with E-state index in [1.807, 2.05) is 0 Å². The van der Waals surface area contributed by atoms with Gasteiger partial charge in [-0.25, -0.2) is 0 Å². The van der Waals surface area contributed by atoms with Crippen LogP contribution in [-0.2, 0) is 0 Å². The van der Waals surface area contributed by atoms with E-state index in [1.165, 1.54) is 44.9 Å². The highest BCUT2D eigenvalue weighted by molar-refractivity contribution is 5.01. The van der Waals surface area contributed by atoms with Crippen LogP contribution < -0.4 is 5.32 Å². The zero-order valence-corrected chi connectivity index (χ0v) is 14.5. The Balaban J connectivity index is 2.88. The number of nitrogens with one attached hydrogen (secondary N) is 1. The molecule has 19 heavy (non-hydrogen) atoms. The SMILES string of the molecule is CCCC[C@](C)(CCC)C1CC(C)(C)NC(C)(C)C1. The molecule has 0 spiro atoms. The van der Waals surface area contributed by atoms with E-state index in [0.29, 0.717) is 5.41 Å². The van der Waals surface area contributed by atoms with Crippen molar-refractivity contribution >= 4 is 0 Å². The first kappa shape index (κ1) is 17.0. The lowest BCUT2D eigenvalue weighted by atomic mass is 9.61. The lowest BCUT2D eigenvalue weighted by Crippen LogP contribution is -2.59. The van der Waals surface area contributed by atoms with Crippen molar-refractivity contribution < 1.29 is 0 Å². The number of piperidine rings is 1. The highest BCUT2D eigenvalue weighted by atomic mass is 15.0. The lowest BCUT2D eigenvalue weighted by Gasteiger charge is -2.52. The second kappa shape index (κ2) is 6.16. The summed E-state index contributed by atoms with van der Waals surface area (Å²) in [7, 11) is 0. The average Bonchev–Trinajstić information content (AvgIpc) is 2.22. The van der Waals surface area contributed by atoms with Gasteiger partial charge in [-0.05, 0) is 64.7 Å². The van der Waals surface area contributed by atoms with Crippen LogP contribution in [0.25, 0.3) is 0 Å². The Bertz CT molecular complexity index is 263. The van der Waals surface area contributed by atoms with Crippen molar-refractivity contribution in [3.05, 3.63) is 0 Å². The molecule has 1 nitrogen and oxygen atoms in total. The maximum atomic E-state index is 3.83. The molecule has 0 radical (unpaired) electrons. The minimum Gasteiger partial charge on any atom is -0.307 e. The summed E-state index contributed by atoms with van der Waals surface area (Å²) < 4.78 is 0. The molecule has 0 saturated carbocycles. The van der Waals surface area contributed by atoms with Gasteiger partial charge in [-0.2, -0.15) is 0 Å². The number of unbranched alkanes of at least 4 members (excludes halogenated alkanes) is 1. The van der Waals surface area contributed by atoms with E-state index in [2.05, 4.69) is 53.8 Å². The zero-order chi connectivity index (χ0) is 14.7.